The van der Waals surface area contributed by atoms with Gasteiger partial charge in [-0.2, -0.15) is 0 Å². The van der Waals surface area contributed by atoms with Crippen LogP contribution in [0.2, 0.25) is 5.04 Å². The van der Waals surface area contributed by atoms with Crippen LogP contribution < -0.4 is 10.4 Å². The van der Waals surface area contributed by atoms with E-state index in [0.717, 1.165) is 37.2 Å². The average molecular weight is 635 g/mol. The van der Waals surface area contributed by atoms with Gasteiger partial charge in [-0.1, -0.05) is 94.8 Å². The van der Waals surface area contributed by atoms with E-state index in [-0.39, 0.29) is 11.6 Å². The minimum Gasteiger partial charge on any atom is -0.407 e. The standard InChI is InChI=1S/C34H54O5S2Si/c1-28(27-37-42(32(3,4)5,30-18-9-7-10-19-30)31-20-11-8-12-21-31)17-15-22-33(6,36)34(23-13-14-24-35)38-29(2)39-41-26-16-25-40-34/h7-12,18-21,28-29,35-36H,13-17,22-27H2,1-6H3. The van der Waals surface area contributed by atoms with Crippen molar-refractivity contribution in [3.63, 3.8) is 0 Å². The second-order valence-corrected chi connectivity index (χ2v) is 19.5. The maximum atomic E-state index is 12.0. The molecule has 8 heteroatoms. The van der Waals surface area contributed by atoms with Gasteiger partial charge in [0.25, 0.3) is 8.32 Å². The molecule has 236 valence electrons. The number of thioether (sulfide) groups is 1. The van der Waals surface area contributed by atoms with E-state index in [1.165, 1.54) is 22.4 Å². The largest absolute Gasteiger partial charge is 0.407 e. The van der Waals surface area contributed by atoms with Crippen molar-refractivity contribution in [3.8, 4) is 0 Å². The Balaban J connectivity index is 1.73. The van der Waals surface area contributed by atoms with Crippen molar-refractivity contribution in [3.05, 3.63) is 60.7 Å². The number of unbranched alkanes of at least 4 members (excludes halogenated alkanes) is 1. The average Bonchev–Trinajstić information content (AvgIpc) is 3.04. The van der Waals surface area contributed by atoms with Crippen molar-refractivity contribution in [2.24, 2.45) is 5.92 Å². The summed E-state index contributed by atoms with van der Waals surface area (Å²) in [5.41, 5.74) is -1.04. The monoisotopic (exact) mass is 634 g/mol. The predicted octanol–water partition coefficient (Wildman–Crippen LogP) is 7.14. The van der Waals surface area contributed by atoms with E-state index in [0.29, 0.717) is 31.8 Å². The molecule has 0 aromatic heterocycles. The van der Waals surface area contributed by atoms with Gasteiger partial charge in [-0.3, -0.25) is 4.18 Å². The van der Waals surface area contributed by atoms with Crippen LogP contribution in [0.3, 0.4) is 0 Å². The number of hydrogen-bond acceptors (Lipinski definition) is 7. The summed E-state index contributed by atoms with van der Waals surface area (Å²) in [4.78, 5) is -0.777. The summed E-state index contributed by atoms with van der Waals surface area (Å²) in [5, 5.41) is 24.0. The fraction of sp³-hybridized carbons (Fsp3) is 0.647. The smallest absolute Gasteiger partial charge is 0.261 e. The molecule has 2 aromatic carbocycles. The van der Waals surface area contributed by atoms with Gasteiger partial charge in [-0.05, 0) is 91.5 Å². The SMILES string of the molecule is CC(CCCC(C)(O)C1(CCCCO)OC(C)OSCCCS1)CO[Si](c1ccccc1)(c1ccccc1)C(C)(C)C. The van der Waals surface area contributed by atoms with Gasteiger partial charge in [0.05, 0.1) is 0 Å². The van der Waals surface area contributed by atoms with E-state index in [9.17, 15) is 10.2 Å². The molecular formula is C34H54O5S2Si. The first-order valence-corrected chi connectivity index (χ1v) is 19.5. The molecule has 0 aliphatic carbocycles. The van der Waals surface area contributed by atoms with Crippen LogP contribution in [0.25, 0.3) is 0 Å². The molecule has 1 saturated heterocycles. The third-order valence-electron chi connectivity index (χ3n) is 8.36. The minimum atomic E-state index is -2.58. The molecule has 0 amide bonds. The van der Waals surface area contributed by atoms with Crippen molar-refractivity contribution in [2.75, 3.05) is 24.7 Å². The second-order valence-electron chi connectivity index (χ2n) is 13.0. The maximum Gasteiger partial charge on any atom is 0.261 e. The third-order valence-corrected chi connectivity index (χ3v) is 15.9. The Morgan fingerprint density at radius 2 is 1.60 bits per heavy atom. The highest BCUT2D eigenvalue weighted by Gasteiger charge is 2.51. The lowest BCUT2D eigenvalue weighted by Crippen LogP contribution is -2.66. The molecule has 2 N–H and O–H groups in total. The lowest BCUT2D eigenvalue weighted by molar-refractivity contribution is -0.193. The minimum absolute atomic E-state index is 0.0530. The Hall–Kier alpha value is -0.843. The second kappa shape index (κ2) is 16.5. The van der Waals surface area contributed by atoms with Gasteiger partial charge < -0.3 is 19.4 Å². The highest BCUT2D eigenvalue weighted by atomic mass is 32.2. The molecule has 5 nitrogen and oxygen atoms in total. The van der Waals surface area contributed by atoms with E-state index in [1.54, 1.807) is 11.8 Å². The predicted molar refractivity (Wildman–Crippen MR) is 182 cm³/mol. The van der Waals surface area contributed by atoms with Gasteiger partial charge in [-0.15, -0.1) is 11.8 Å². The maximum absolute atomic E-state index is 12.0. The summed E-state index contributed by atoms with van der Waals surface area (Å²) < 4.78 is 19.5. The van der Waals surface area contributed by atoms with Crippen LogP contribution in [0.4, 0.5) is 0 Å². The number of hydrogen-bond donors (Lipinski definition) is 2. The van der Waals surface area contributed by atoms with Gasteiger partial charge in [0.15, 0.2) is 6.29 Å². The zero-order chi connectivity index (χ0) is 30.7. The Morgan fingerprint density at radius 1 is 0.976 bits per heavy atom. The van der Waals surface area contributed by atoms with Crippen LogP contribution in [0.1, 0.15) is 86.5 Å². The molecule has 1 heterocycles. The summed E-state index contributed by atoms with van der Waals surface area (Å²) in [6.07, 6.45) is 5.20. The molecule has 0 bridgehead atoms. The highest BCUT2D eigenvalue weighted by Crippen LogP contribution is 2.47. The van der Waals surface area contributed by atoms with E-state index < -0.39 is 25.1 Å². The number of ether oxygens (including phenoxy) is 1. The zero-order valence-corrected chi connectivity index (χ0v) is 29.3. The van der Waals surface area contributed by atoms with Gasteiger partial charge >= 0.3 is 0 Å². The first-order valence-electron chi connectivity index (χ1n) is 15.7. The zero-order valence-electron chi connectivity index (χ0n) is 26.6. The van der Waals surface area contributed by atoms with Gasteiger partial charge in [-0.25, -0.2) is 0 Å². The summed E-state index contributed by atoms with van der Waals surface area (Å²) >= 11 is 3.17. The van der Waals surface area contributed by atoms with Crippen LogP contribution >= 0.6 is 23.8 Å². The van der Waals surface area contributed by atoms with E-state index >= 15 is 0 Å². The Labute approximate surface area is 264 Å². The summed E-state index contributed by atoms with van der Waals surface area (Å²) in [6, 6.07) is 21.6. The van der Waals surface area contributed by atoms with Gasteiger partial charge in [0.2, 0.25) is 0 Å². The van der Waals surface area contributed by atoms with E-state index in [2.05, 4.69) is 88.4 Å². The number of aliphatic hydroxyl groups is 2. The topological polar surface area (TPSA) is 68.2 Å². The first kappa shape index (κ1) is 35.6. The summed E-state index contributed by atoms with van der Waals surface area (Å²) in [7, 11) is -2.58. The molecule has 2 aromatic rings. The lowest BCUT2D eigenvalue weighted by atomic mass is 9.87. The molecular weight excluding hydrogens is 581 g/mol. The molecule has 0 radical (unpaired) electrons. The molecule has 0 spiro atoms. The molecule has 4 atom stereocenters. The van der Waals surface area contributed by atoms with Crippen LogP contribution in [-0.4, -0.2) is 60.1 Å². The quantitative estimate of drug-likeness (QED) is 0.130. The van der Waals surface area contributed by atoms with Crippen molar-refractivity contribution in [2.45, 2.75) is 108 Å². The number of aliphatic hydroxyl groups excluding tert-OH is 1. The third kappa shape index (κ3) is 9.10. The van der Waals surface area contributed by atoms with Crippen molar-refractivity contribution in [1.29, 1.82) is 0 Å². The molecule has 3 rings (SSSR count). The summed E-state index contributed by atoms with van der Waals surface area (Å²) in [5.74, 6) is 2.15. The van der Waals surface area contributed by atoms with E-state index in [4.69, 9.17) is 13.3 Å². The molecule has 1 fully saturated rings. The van der Waals surface area contributed by atoms with Gasteiger partial charge in [0, 0.05) is 19.0 Å². The Morgan fingerprint density at radius 3 is 2.17 bits per heavy atom. The molecule has 0 saturated carbocycles. The van der Waals surface area contributed by atoms with Crippen LogP contribution in [-0.2, 0) is 13.3 Å². The van der Waals surface area contributed by atoms with Crippen molar-refractivity contribution in [1.82, 2.24) is 0 Å². The Kier molecular flexibility index (Phi) is 14.0. The van der Waals surface area contributed by atoms with Crippen molar-refractivity contribution >= 4 is 42.5 Å². The fourth-order valence-corrected chi connectivity index (χ4v) is 13.1. The number of rotatable bonds is 14. The van der Waals surface area contributed by atoms with Gasteiger partial charge in [0.1, 0.15) is 10.5 Å². The molecule has 1 aliphatic heterocycles. The summed E-state index contributed by atoms with van der Waals surface area (Å²) in [6.45, 7) is 13.9. The van der Waals surface area contributed by atoms with Crippen molar-refractivity contribution < 1.29 is 23.6 Å². The normalized spacial score (nSPS) is 22.9. The first-order chi connectivity index (χ1) is 20.0. The van der Waals surface area contributed by atoms with Crippen LogP contribution in [0, 0.1) is 5.92 Å². The lowest BCUT2D eigenvalue weighted by Gasteiger charge is -2.46. The Bertz CT molecular complexity index is 994. The van der Waals surface area contributed by atoms with E-state index in [1.807, 2.05) is 13.8 Å². The highest BCUT2D eigenvalue weighted by molar-refractivity contribution is 8.00. The molecule has 4 unspecified atom stereocenters. The van der Waals surface area contributed by atoms with Crippen LogP contribution in [0.15, 0.2) is 60.7 Å². The fourth-order valence-electron chi connectivity index (χ4n) is 6.07. The van der Waals surface area contributed by atoms with Crippen LogP contribution in [0.5, 0.6) is 0 Å². The molecule has 42 heavy (non-hydrogen) atoms. The number of benzene rings is 2. The molecule has 1 aliphatic rings.